The first kappa shape index (κ1) is 32.7. The van der Waals surface area contributed by atoms with E-state index < -0.39 is 11.9 Å². The number of alkyl carbamates (subject to hydrolysis) is 1. The third kappa shape index (κ3) is 5.44. The van der Waals surface area contributed by atoms with Gasteiger partial charge in [-0.25, -0.2) is 19.0 Å². The van der Waals surface area contributed by atoms with Crippen molar-refractivity contribution < 1.29 is 23.5 Å². The molecule has 0 spiro atoms. The van der Waals surface area contributed by atoms with Gasteiger partial charge in [-0.3, -0.25) is 18.6 Å². The first-order valence-corrected chi connectivity index (χ1v) is 17.2. The molecule has 2 fully saturated rings. The Kier molecular flexibility index (Phi) is 8.13. The molecule has 0 radical (unpaired) electrons. The predicted octanol–water partition coefficient (Wildman–Crippen LogP) is 5.54. The summed E-state index contributed by atoms with van der Waals surface area (Å²) in [7, 11) is 3.06. The molecule has 5 heterocycles. The molecule has 8 rings (SSSR count). The van der Waals surface area contributed by atoms with Crippen LogP contribution < -0.4 is 11.0 Å². The zero-order valence-electron chi connectivity index (χ0n) is 28.9. The Balaban J connectivity index is 1.34. The SMILES string of the molecule is COC(=O)N[C@@H]1CC[C@@H](n2c(=O)n(C)c3cnc4[nH]c(-c5ccc(C(=O)N6CCOCC6)c(F)c5)c(-c5ccc6c(cnn6C(C)C)c5)c4c32)C1. The molecular weight excluding hydrogens is 655 g/mol. The van der Waals surface area contributed by atoms with Crippen molar-refractivity contribution in [1.29, 1.82) is 0 Å². The zero-order valence-corrected chi connectivity index (χ0v) is 28.9. The van der Waals surface area contributed by atoms with Gasteiger partial charge in [0.05, 0.1) is 65.9 Å². The number of ether oxygens (including phenoxy) is 2. The number of aromatic nitrogens is 6. The molecule has 2 atom stereocenters. The lowest BCUT2D eigenvalue weighted by atomic mass is 9.96. The van der Waals surface area contributed by atoms with E-state index in [1.165, 1.54) is 19.2 Å². The van der Waals surface area contributed by atoms with Crippen molar-refractivity contribution in [3.63, 3.8) is 0 Å². The highest BCUT2D eigenvalue weighted by molar-refractivity contribution is 6.15. The Hall–Kier alpha value is -5.50. The molecule has 0 bridgehead atoms. The molecule has 2 aliphatic rings. The van der Waals surface area contributed by atoms with Gasteiger partial charge in [-0.1, -0.05) is 12.1 Å². The number of nitrogens with zero attached hydrogens (tertiary/aromatic N) is 6. The number of nitrogens with one attached hydrogen (secondary N) is 2. The van der Waals surface area contributed by atoms with Gasteiger partial charge in [0, 0.05) is 54.8 Å². The van der Waals surface area contributed by atoms with Gasteiger partial charge in [0.1, 0.15) is 11.5 Å². The number of carbonyl (C=O) groups is 2. The molecule has 1 aliphatic heterocycles. The fourth-order valence-electron chi connectivity index (χ4n) is 7.77. The van der Waals surface area contributed by atoms with Gasteiger partial charge in [0.2, 0.25) is 0 Å². The van der Waals surface area contributed by atoms with Crippen molar-refractivity contribution in [3.05, 3.63) is 70.7 Å². The van der Waals surface area contributed by atoms with E-state index in [0.29, 0.717) is 78.9 Å². The minimum Gasteiger partial charge on any atom is -0.453 e. The summed E-state index contributed by atoms with van der Waals surface area (Å²) >= 11 is 0. The van der Waals surface area contributed by atoms with Crippen molar-refractivity contribution in [3.8, 4) is 22.4 Å². The minimum atomic E-state index is -0.632. The van der Waals surface area contributed by atoms with E-state index in [0.717, 1.165) is 22.0 Å². The molecule has 13 nitrogen and oxygen atoms in total. The summed E-state index contributed by atoms with van der Waals surface area (Å²) in [4.78, 5) is 49.1. The lowest BCUT2D eigenvalue weighted by Gasteiger charge is -2.27. The highest BCUT2D eigenvalue weighted by atomic mass is 19.1. The number of imidazole rings is 1. The van der Waals surface area contributed by atoms with E-state index in [-0.39, 0.29) is 35.3 Å². The van der Waals surface area contributed by atoms with Crippen LogP contribution in [0.3, 0.4) is 0 Å². The summed E-state index contributed by atoms with van der Waals surface area (Å²) in [6.07, 6.45) is 4.92. The van der Waals surface area contributed by atoms with Crippen LogP contribution >= 0.6 is 0 Å². The van der Waals surface area contributed by atoms with Gasteiger partial charge < -0.3 is 24.7 Å². The third-order valence-corrected chi connectivity index (χ3v) is 10.3. The van der Waals surface area contributed by atoms with E-state index in [4.69, 9.17) is 14.5 Å². The first-order valence-electron chi connectivity index (χ1n) is 17.2. The maximum Gasteiger partial charge on any atom is 0.407 e. The maximum atomic E-state index is 15.9. The third-order valence-electron chi connectivity index (χ3n) is 10.3. The number of fused-ring (bicyclic) bond motifs is 4. The van der Waals surface area contributed by atoms with Crippen LogP contribution in [0.5, 0.6) is 0 Å². The monoisotopic (exact) mass is 694 g/mol. The number of methoxy groups -OCH3 is 1. The second kappa shape index (κ2) is 12.7. The number of benzene rings is 2. The van der Waals surface area contributed by atoms with Gasteiger partial charge in [-0.2, -0.15) is 5.10 Å². The maximum absolute atomic E-state index is 15.9. The molecule has 4 aromatic heterocycles. The molecule has 1 saturated carbocycles. The molecule has 2 N–H and O–H groups in total. The van der Waals surface area contributed by atoms with Crippen molar-refractivity contribution in [1.82, 2.24) is 39.1 Å². The lowest BCUT2D eigenvalue weighted by Crippen LogP contribution is -2.41. The Morgan fingerprint density at radius 2 is 1.84 bits per heavy atom. The number of morpholine rings is 1. The largest absolute Gasteiger partial charge is 0.453 e. The second-order valence-electron chi connectivity index (χ2n) is 13.7. The van der Waals surface area contributed by atoms with E-state index in [1.54, 1.807) is 28.8 Å². The average Bonchev–Trinajstić information content (AvgIpc) is 3.92. The number of amides is 2. The van der Waals surface area contributed by atoms with Gasteiger partial charge in [-0.15, -0.1) is 0 Å². The molecule has 2 amide bonds. The normalized spacial score (nSPS) is 18.0. The van der Waals surface area contributed by atoms with Gasteiger partial charge in [-0.05, 0) is 62.9 Å². The molecular formula is C37H39FN8O5. The van der Waals surface area contributed by atoms with Gasteiger partial charge >= 0.3 is 11.8 Å². The number of hydrogen-bond acceptors (Lipinski definition) is 7. The Labute approximate surface area is 291 Å². The minimum absolute atomic E-state index is 0.00500. The standard InChI is InChI=1S/C37H39FN8O5/c1-20(2)46-28-10-6-21(15-23(28)18-40-46)30-31-33-29(43(3)37(49)45(33)25-8-7-24(17-25)41-36(48)50-4)19-39-34(31)42-32(30)22-5-9-26(27(38)16-22)35(47)44-11-13-51-14-12-44/h5-6,9-10,15-16,18-20,24-25H,7-8,11-14,17H2,1-4H3,(H,39,42)(H,41,48)/t24-,25-/m1/s1. The van der Waals surface area contributed by atoms with Crippen molar-refractivity contribution in [2.24, 2.45) is 7.05 Å². The molecule has 264 valence electrons. The fraction of sp³-hybridized carbons (Fsp3) is 0.378. The van der Waals surface area contributed by atoms with Crippen LogP contribution in [0.4, 0.5) is 9.18 Å². The molecule has 2 aromatic carbocycles. The number of H-pyrrole nitrogens is 1. The van der Waals surface area contributed by atoms with Crippen molar-refractivity contribution in [2.45, 2.75) is 51.2 Å². The summed E-state index contributed by atoms with van der Waals surface area (Å²) in [5.74, 6) is -1.01. The summed E-state index contributed by atoms with van der Waals surface area (Å²) in [6.45, 7) is 5.79. The number of carbonyl (C=O) groups excluding carboxylic acids is 2. The zero-order chi connectivity index (χ0) is 35.6. The van der Waals surface area contributed by atoms with Gasteiger partial charge in [0.15, 0.2) is 0 Å². The van der Waals surface area contributed by atoms with Crippen LogP contribution in [0.25, 0.3) is 55.4 Å². The van der Waals surface area contributed by atoms with E-state index in [1.807, 2.05) is 27.6 Å². The van der Waals surface area contributed by atoms with Crippen LogP contribution in [-0.2, 0) is 16.5 Å². The quantitative estimate of drug-likeness (QED) is 0.233. The van der Waals surface area contributed by atoms with Crippen LogP contribution in [0.15, 0.2) is 53.6 Å². The van der Waals surface area contributed by atoms with Gasteiger partial charge in [0.25, 0.3) is 5.91 Å². The topological polar surface area (TPSA) is 141 Å². The summed E-state index contributed by atoms with van der Waals surface area (Å²) in [5.41, 5.74) is 5.36. The van der Waals surface area contributed by atoms with E-state index >= 15 is 4.39 Å². The average molecular weight is 695 g/mol. The highest BCUT2D eigenvalue weighted by Gasteiger charge is 2.32. The lowest BCUT2D eigenvalue weighted by molar-refractivity contribution is 0.0300. The number of rotatable bonds is 6. The van der Waals surface area contributed by atoms with Crippen LogP contribution in [0.1, 0.15) is 55.6 Å². The molecule has 51 heavy (non-hydrogen) atoms. The Morgan fingerprint density at radius 3 is 2.59 bits per heavy atom. The summed E-state index contributed by atoms with van der Waals surface area (Å²) < 4.78 is 31.5. The highest BCUT2D eigenvalue weighted by Crippen LogP contribution is 2.43. The van der Waals surface area contributed by atoms with Crippen LogP contribution in [0.2, 0.25) is 0 Å². The molecule has 1 aliphatic carbocycles. The summed E-state index contributed by atoms with van der Waals surface area (Å²) in [6, 6.07) is 10.6. The van der Waals surface area contributed by atoms with Crippen molar-refractivity contribution in [2.75, 3.05) is 33.4 Å². The first-order chi connectivity index (χ1) is 24.6. The molecule has 1 saturated heterocycles. The Morgan fingerprint density at radius 1 is 1.06 bits per heavy atom. The van der Waals surface area contributed by atoms with Crippen LogP contribution in [0, 0.1) is 5.82 Å². The number of aromatic amines is 1. The molecule has 0 unspecified atom stereocenters. The predicted molar refractivity (Wildman–Crippen MR) is 190 cm³/mol. The van der Waals surface area contributed by atoms with E-state index in [2.05, 4.69) is 35.3 Å². The fourth-order valence-corrected chi connectivity index (χ4v) is 7.77. The number of pyridine rings is 1. The molecule has 14 heteroatoms. The Bertz CT molecular complexity index is 2400. The smallest absolute Gasteiger partial charge is 0.407 e. The second-order valence-corrected chi connectivity index (χ2v) is 13.7. The van der Waals surface area contributed by atoms with Crippen LogP contribution in [-0.4, -0.2) is 85.2 Å². The van der Waals surface area contributed by atoms with Crippen molar-refractivity contribution >= 4 is 45.0 Å². The van der Waals surface area contributed by atoms with E-state index in [9.17, 15) is 14.4 Å². The number of halogens is 1. The number of aryl methyl sites for hydroxylation is 1. The summed E-state index contributed by atoms with van der Waals surface area (Å²) in [5, 5.41) is 9.15. The molecule has 6 aromatic rings. The number of hydrogen-bond donors (Lipinski definition) is 2.